The van der Waals surface area contributed by atoms with Crippen molar-refractivity contribution in [3.8, 4) is 11.5 Å². The molecular formula is C18H17N5O2. The molecule has 2 aromatic heterocycles. The number of nitrogens with zero attached hydrogens (tertiary/aromatic N) is 4. The zero-order chi connectivity index (χ0) is 16.8. The van der Waals surface area contributed by atoms with Crippen molar-refractivity contribution in [2.75, 3.05) is 11.4 Å². The van der Waals surface area contributed by atoms with Gasteiger partial charge < -0.3 is 9.42 Å². The second-order valence-electron chi connectivity index (χ2n) is 6.68. The van der Waals surface area contributed by atoms with E-state index in [0.29, 0.717) is 36.3 Å². The maximum atomic E-state index is 12.3. The third-order valence-corrected chi connectivity index (χ3v) is 4.83. The number of nitrogens with one attached hydrogen (secondary N) is 1. The van der Waals surface area contributed by atoms with E-state index in [-0.39, 0.29) is 11.8 Å². The van der Waals surface area contributed by atoms with Gasteiger partial charge in [-0.2, -0.15) is 10.1 Å². The van der Waals surface area contributed by atoms with Gasteiger partial charge in [0.15, 0.2) is 0 Å². The van der Waals surface area contributed by atoms with Gasteiger partial charge in [0.25, 0.3) is 0 Å². The van der Waals surface area contributed by atoms with Crippen LogP contribution >= 0.6 is 0 Å². The highest BCUT2D eigenvalue weighted by molar-refractivity contribution is 5.96. The second-order valence-corrected chi connectivity index (χ2v) is 6.68. The first-order valence-corrected chi connectivity index (χ1v) is 8.52. The zero-order valence-corrected chi connectivity index (χ0v) is 13.6. The lowest BCUT2D eigenvalue weighted by Gasteiger charge is -2.15. The highest BCUT2D eigenvalue weighted by Crippen LogP contribution is 2.40. The van der Waals surface area contributed by atoms with E-state index in [1.807, 2.05) is 36.4 Å². The zero-order valence-electron chi connectivity index (χ0n) is 13.6. The number of H-pyrrole nitrogens is 1. The van der Waals surface area contributed by atoms with E-state index in [1.54, 1.807) is 4.90 Å². The van der Waals surface area contributed by atoms with Crippen LogP contribution in [0.3, 0.4) is 0 Å². The second kappa shape index (κ2) is 5.54. The molecule has 1 saturated heterocycles. The van der Waals surface area contributed by atoms with Gasteiger partial charge in [-0.15, -0.1) is 0 Å². The fraction of sp³-hybridized carbons (Fsp3) is 0.333. The summed E-state index contributed by atoms with van der Waals surface area (Å²) in [7, 11) is 0. The minimum Gasteiger partial charge on any atom is -0.339 e. The van der Waals surface area contributed by atoms with Crippen LogP contribution in [-0.2, 0) is 4.79 Å². The smallest absolute Gasteiger partial charge is 0.232 e. The number of para-hydroxylation sites is 1. The van der Waals surface area contributed by atoms with Gasteiger partial charge in [0.1, 0.15) is 5.69 Å². The van der Waals surface area contributed by atoms with E-state index in [0.717, 1.165) is 11.4 Å². The van der Waals surface area contributed by atoms with E-state index in [9.17, 15) is 4.79 Å². The average molecular weight is 335 g/mol. The summed E-state index contributed by atoms with van der Waals surface area (Å²) < 4.78 is 5.43. The Morgan fingerprint density at radius 2 is 2.00 bits per heavy atom. The molecule has 1 unspecified atom stereocenters. The van der Waals surface area contributed by atoms with Crippen LogP contribution in [0.4, 0.5) is 5.69 Å². The molecule has 1 saturated carbocycles. The summed E-state index contributed by atoms with van der Waals surface area (Å²) in [6.45, 7) is 0.554. The number of benzene rings is 1. The summed E-state index contributed by atoms with van der Waals surface area (Å²) in [6, 6.07) is 11.6. The van der Waals surface area contributed by atoms with Gasteiger partial charge in [-0.05, 0) is 31.0 Å². The lowest BCUT2D eigenvalue weighted by molar-refractivity contribution is -0.117. The molecule has 5 rings (SSSR count). The number of carbonyl (C=O) groups is 1. The first-order valence-electron chi connectivity index (χ1n) is 8.52. The van der Waals surface area contributed by atoms with E-state index in [2.05, 4.69) is 20.3 Å². The van der Waals surface area contributed by atoms with Crippen LogP contribution in [0.15, 0.2) is 40.9 Å². The van der Waals surface area contributed by atoms with E-state index >= 15 is 0 Å². The molecule has 126 valence electrons. The topological polar surface area (TPSA) is 87.9 Å². The van der Waals surface area contributed by atoms with Crippen LogP contribution in [0, 0.1) is 0 Å². The summed E-state index contributed by atoms with van der Waals surface area (Å²) in [5.74, 6) is 1.56. The molecule has 0 bridgehead atoms. The van der Waals surface area contributed by atoms with Crippen molar-refractivity contribution in [3.05, 3.63) is 48.0 Å². The average Bonchev–Trinajstić information content (AvgIpc) is 3.04. The van der Waals surface area contributed by atoms with Crippen molar-refractivity contribution in [3.63, 3.8) is 0 Å². The molecule has 2 fully saturated rings. The van der Waals surface area contributed by atoms with Crippen LogP contribution in [0.2, 0.25) is 0 Å². The maximum absolute atomic E-state index is 12.3. The Hall–Kier alpha value is -2.96. The van der Waals surface area contributed by atoms with Gasteiger partial charge in [0.05, 0.1) is 5.92 Å². The van der Waals surface area contributed by atoms with Gasteiger partial charge in [-0.25, -0.2) is 0 Å². The first-order chi connectivity index (χ1) is 12.3. The Labute approximate surface area is 144 Å². The minimum atomic E-state index is -0.0872. The summed E-state index contributed by atoms with van der Waals surface area (Å²) in [5, 5.41) is 11.4. The van der Waals surface area contributed by atoms with Crippen LogP contribution in [0.5, 0.6) is 0 Å². The van der Waals surface area contributed by atoms with Crippen molar-refractivity contribution in [2.45, 2.75) is 31.1 Å². The molecule has 1 aliphatic carbocycles. The minimum absolute atomic E-state index is 0.0757. The summed E-state index contributed by atoms with van der Waals surface area (Å²) in [6.07, 6.45) is 2.79. The van der Waals surface area contributed by atoms with Gasteiger partial charge in [-0.3, -0.25) is 9.89 Å². The van der Waals surface area contributed by atoms with Gasteiger partial charge >= 0.3 is 0 Å². The highest BCUT2D eigenvalue weighted by Gasteiger charge is 2.35. The Morgan fingerprint density at radius 1 is 1.16 bits per heavy atom. The number of aromatic amines is 1. The molecular weight excluding hydrogens is 318 g/mol. The fourth-order valence-corrected chi connectivity index (χ4v) is 3.29. The SMILES string of the molecule is O=C1CC(c2nc(-c3cc(C4CC4)[nH]n3)no2)CN1c1ccccc1. The Kier molecular flexibility index (Phi) is 3.19. The molecule has 1 aliphatic heterocycles. The molecule has 1 N–H and O–H groups in total. The largest absolute Gasteiger partial charge is 0.339 e. The van der Waals surface area contributed by atoms with Crippen molar-refractivity contribution in [1.29, 1.82) is 0 Å². The number of amides is 1. The molecule has 3 aromatic rings. The molecule has 0 radical (unpaired) electrons. The van der Waals surface area contributed by atoms with Gasteiger partial charge in [0.2, 0.25) is 17.6 Å². The third-order valence-electron chi connectivity index (χ3n) is 4.83. The van der Waals surface area contributed by atoms with Crippen LogP contribution < -0.4 is 4.90 Å². The molecule has 2 aliphatic rings. The van der Waals surface area contributed by atoms with Crippen molar-refractivity contribution >= 4 is 11.6 Å². The predicted octanol–water partition coefficient (Wildman–Crippen LogP) is 2.86. The molecule has 1 amide bonds. The van der Waals surface area contributed by atoms with E-state index in [4.69, 9.17) is 4.52 Å². The maximum Gasteiger partial charge on any atom is 0.232 e. The predicted molar refractivity (Wildman–Crippen MR) is 90.0 cm³/mol. The monoisotopic (exact) mass is 335 g/mol. The standard InChI is InChI=1S/C18H17N5O2/c24-16-8-12(10-23(16)13-4-2-1-3-5-13)18-19-17(22-25-18)15-9-14(20-21-15)11-6-7-11/h1-5,9,11-12H,6-8,10H2,(H,20,21). The lowest BCUT2D eigenvalue weighted by atomic mass is 10.1. The van der Waals surface area contributed by atoms with Crippen molar-refractivity contribution in [2.24, 2.45) is 0 Å². The van der Waals surface area contributed by atoms with Gasteiger partial charge in [0, 0.05) is 30.3 Å². The number of anilines is 1. The number of hydrogen-bond donors (Lipinski definition) is 1. The number of rotatable bonds is 4. The molecule has 25 heavy (non-hydrogen) atoms. The first kappa shape index (κ1) is 14.4. The highest BCUT2D eigenvalue weighted by atomic mass is 16.5. The number of aromatic nitrogens is 4. The molecule has 1 aromatic carbocycles. The quantitative estimate of drug-likeness (QED) is 0.792. The fourth-order valence-electron chi connectivity index (χ4n) is 3.29. The van der Waals surface area contributed by atoms with Crippen LogP contribution in [-0.4, -0.2) is 32.8 Å². The molecule has 3 heterocycles. The normalized spacial score (nSPS) is 20.4. The molecule has 0 spiro atoms. The summed E-state index contributed by atoms with van der Waals surface area (Å²) in [5.41, 5.74) is 2.73. The molecule has 7 nitrogen and oxygen atoms in total. The van der Waals surface area contributed by atoms with Crippen molar-refractivity contribution < 1.29 is 9.32 Å². The van der Waals surface area contributed by atoms with Crippen LogP contribution in [0.25, 0.3) is 11.5 Å². The van der Waals surface area contributed by atoms with Crippen molar-refractivity contribution in [1.82, 2.24) is 20.3 Å². The number of hydrogen-bond acceptors (Lipinski definition) is 5. The summed E-state index contributed by atoms with van der Waals surface area (Å²) >= 11 is 0. The Morgan fingerprint density at radius 3 is 2.80 bits per heavy atom. The lowest BCUT2D eigenvalue weighted by Crippen LogP contribution is -2.24. The molecule has 1 atom stereocenters. The summed E-state index contributed by atoms with van der Waals surface area (Å²) in [4.78, 5) is 18.6. The Bertz CT molecular complexity index is 912. The van der Waals surface area contributed by atoms with Gasteiger partial charge in [-0.1, -0.05) is 23.4 Å². The Balaban J connectivity index is 1.36. The molecule has 7 heteroatoms. The third kappa shape index (κ3) is 2.61. The van der Waals surface area contributed by atoms with E-state index < -0.39 is 0 Å². The van der Waals surface area contributed by atoms with Crippen LogP contribution in [0.1, 0.15) is 42.7 Å². The number of carbonyl (C=O) groups excluding carboxylic acids is 1. The van der Waals surface area contributed by atoms with E-state index in [1.165, 1.54) is 12.8 Å².